The first-order valence-corrected chi connectivity index (χ1v) is 6.73. The molecule has 0 bridgehead atoms. The fourth-order valence-corrected chi connectivity index (χ4v) is 2.36. The van der Waals surface area contributed by atoms with E-state index in [1.54, 1.807) is 12.1 Å². The lowest BCUT2D eigenvalue weighted by Gasteiger charge is -2.08. The summed E-state index contributed by atoms with van der Waals surface area (Å²) in [4.78, 5) is 27.0. The van der Waals surface area contributed by atoms with Crippen LogP contribution >= 0.6 is 0 Å². The van der Waals surface area contributed by atoms with E-state index in [1.807, 2.05) is 19.1 Å². The smallest absolute Gasteiger partial charge is 0.347 e. The molecule has 6 heteroatoms. The van der Waals surface area contributed by atoms with Crippen LogP contribution in [-0.4, -0.2) is 21.6 Å². The van der Waals surface area contributed by atoms with E-state index in [2.05, 4.69) is 10.3 Å². The predicted molar refractivity (Wildman–Crippen MR) is 77.4 cm³/mol. The van der Waals surface area contributed by atoms with Gasteiger partial charge in [0.15, 0.2) is 0 Å². The summed E-state index contributed by atoms with van der Waals surface area (Å²) in [6.45, 7) is 1.95. The van der Waals surface area contributed by atoms with Crippen molar-refractivity contribution in [2.45, 2.75) is 26.0 Å². The Kier molecular flexibility index (Phi) is 3.43. The van der Waals surface area contributed by atoms with Crippen molar-refractivity contribution in [3.05, 3.63) is 52.7 Å². The number of fused-ring (bicyclic) bond motifs is 1. The average molecular weight is 285 g/mol. The van der Waals surface area contributed by atoms with Crippen LogP contribution in [0.4, 0.5) is 5.69 Å². The number of hydrogen-bond acceptors (Lipinski definition) is 4. The standard InChI is InChI=1S/C15H15N3O3/c1-10-7-11-8-12(3-4-13(11)21-10)17-14(19)9-18-6-2-5-16-15(18)20/h2-6,8,10H,7,9H2,1H3,(H,17,19). The summed E-state index contributed by atoms with van der Waals surface area (Å²) in [7, 11) is 0. The Morgan fingerprint density at radius 3 is 3.19 bits per heavy atom. The van der Waals surface area contributed by atoms with E-state index in [1.165, 1.54) is 17.0 Å². The average Bonchev–Trinajstić information content (AvgIpc) is 2.80. The second-order valence-electron chi connectivity index (χ2n) is 5.03. The van der Waals surface area contributed by atoms with Crippen molar-refractivity contribution in [3.8, 4) is 5.75 Å². The number of amides is 1. The zero-order valence-electron chi connectivity index (χ0n) is 11.6. The van der Waals surface area contributed by atoms with E-state index in [0.717, 1.165) is 17.7 Å². The summed E-state index contributed by atoms with van der Waals surface area (Å²) >= 11 is 0. The molecule has 0 fully saturated rings. The molecule has 1 aromatic heterocycles. The van der Waals surface area contributed by atoms with Gasteiger partial charge in [-0.15, -0.1) is 0 Å². The Hall–Kier alpha value is -2.63. The van der Waals surface area contributed by atoms with Gasteiger partial charge in [-0.05, 0) is 36.8 Å². The Morgan fingerprint density at radius 1 is 1.52 bits per heavy atom. The molecule has 1 amide bonds. The summed E-state index contributed by atoms with van der Waals surface area (Å²) in [5.41, 5.74) is 1.34. The van der Waals surface area contributed by atoms with Gasteiger partial charge in [0.1, 0.15) is 18.4 Å². The van der Waals surface area contributed by atoms with Gasteiger partial charge >= 0.3 is 5.69 Å². The summed E-state index contributed by atoms with van der Waals surface area (Å²) in [5, 5.41) is 2.78. The van der Waals surface area contributed by atoms with Crippen LogP contribution in [0.1, 0.15) is 12.5 Å². The van der Waals surface area contributed by atoms with Crippen molar-refractivity contribution in [2.24, 2.45) is 0 Å². The maximum atomic E-state index is 12.0. The Labute approximate surface area is 121 Å². The van der Waals surface area contributed by atoms with Gasteiger partial charge in [-0.1, -0.05) is 0 Å². The largest absolute Gasteiger partial charge is 0.490 e. The van der Waals surface area contributed by atoms with Crippen molar-refractivity contribution < 1.29 is 9.53 Å². The Morgan fingerprint density at radius 2 is 2.38 bits per heavy atom. The van der Waals surface area contributed by atoms with Gasteiger partial charge in [-0.3, -0.25) is 9.36 Å². The molecule has 1 aliphatic rings. The Balaban J connectivity index is 1.70. The van der Waals surface area contributed by atoms with Crippen LogP contribution in [0.15, 0.2) is 41.5 Å². The van der Waals surface area contributed by atoms with Crippen molar-refractivity contribution in [1.82, 2.24) is 9.55 Å². The van der Waals surface area contributed by atoms with Crippen LogP contribution in [0.3, 0.4) is 0 Å². The number of benzene rings is 1. The molecule has 0 saturated carbocycles. The van der Waals surface area contributed by atoms with Crippen LogP contribution in [0.5, 0.6) is 5.75 Å². The number of hydrogen-bond donors (Lipinski definition) is 1. The SMILES string of the molecule is CC1Cc2cc(NC(=O)Cn3cccnc3=O)ccc2O1. The normalized spacial score (nSPS) is 16.1. The van der Waals surface area contributed by atoms with Crippen LogP contribution in [-0.2, 0) is 17.8 Å². The second kappa shape index (κ2) is 5.40. The molecule has 0 radical (unpaired) electrons. The highest BCUT2D eigenvalue weighted by atomic mass is 16.5. The molecule has 1 atom stereocenters. The van der Waals surface area contributed by atoms with Gasteiger partial charge in [0.05, 0.1) is 0 Å². The Bertz CT molecular complexity index is 739. The van der Waals surface area contributed by atoms with E-state index < -0.39 is 5.69 Å². The van der Waals surface area contributed by atoms with Crippen molar-refractivity contribution in [2.75, 3.05) is 5.32 Å². The van der Waals surface area contributed by atoms with Gasteiger partial charge < -0.3 is 10.1 Å². The van der Waals surface area contributed by atoms with E-state index in [4.69, 9.17) is 4.74 Å². The topological polar surface area (TPSA) is 73.2 Å². The van der Waals surface area contributed by atoms with Crippen molar-refractivity contribution in [1.29, 1.82) is 0 Å². The molecule has 1 unspecified atom stereocenters. The summed E-state index contributed by atoms with van der Waals surface area (Å²) in [6.07, 6.45) is 3.94. The van der Waals surface area contributed by atoms with E-state index in [0.29, 0.717) is 5.69 Å². The number of rotatable bonds is 3. The molecule has 6 nitrogen and oxygen atoms in total. The van der Waals surface area contributed by atoms with Gasteiger partial charge in [0, 0.05) is 24.5 Å². The highest BCUT2D eigenvalue weighted by Crippen LogP contribution is 2.30. The third-order valence-electron chi connectivity index (χ3n) is 3.28. The molecule has 21 heavy (non-hydrogen) atoms. The molecule has 0 aliphatic carbocycles. The molecular formula is C15H15N3O3. The number of nitrogens with zero attached hydrogens (tertiary/aromatic N) is 2. The maximum Gasteiger partial charge on any atom is 0.347 e. The monoisotopic (exact) mass is 285 g/mol. The van der Waals surface area contributed by atoms with Crippen LogP contribution in [0.25, 0.3) is 0 Å². The third-order valence-corrected chi connectivity index (χ3v) is 3.28. The lowest BCUT2D eigenvalue weighted by molar-refractivity contribution is -0.116. The fourth-order valence-electron chi connectivity index (χ4n) is 2.36. The first kappa shape index (κ1) is 13.4. The predicted octanol–water partition coefficient (Wildman–Crippen LogP) is 1.21. The lowest BCUT2D eigenvalue weighted by Crippen LogP contribution is -2.28. The number of carbonyl (C=O) groups is 1. The summed E-state index contributed by atoms with van der Waals surface area (Å²) in [6, 6.07) is 7.16. The van der Waals surface area contributed by atoms with Crippen molar-refractivity contribution >= 4 is 11.6 Å². The first-order valence-electron chi connectivity index (χ1n) is 6.73. The van der Waals surface area contributed by atoms with Gasteiger partial charge in [0.2, 0.25) is 5.91 Å². The fraction of sp³-hybridized carbons (Fsp3) is 0.267. The highest BCUT2D eigenvalue weighted by Gasteiger charge is 2.19. The van der Waals surface area contributed by atoms with Gasteiger partial charge in [0.25, 0.3) is 0 Å². The first-order chi connectivity index (χ1) is 10.1. The van der Waals surface area contributed by atoms with E-state index in [-0.39, 0.29) is 18.6 Å². The molecular weight excluding hydrogens is 270 g/mol. The van der Waals surface area contributed by atoms with Gasteiger partial charge in [-0.25, -0.2) is 9.78 Å². The van der Waals surface area contributed by atoms with E-state index in [9.17, 15) is 9.59 Å². The summed E-state index contributed by atoms with van der Waals surface area (Å²) in [5.74, 6) is 0.598. The van der Waals surface area contributed by atoms with Crippen molar-refractivity contribution in [3.63, 3.8) is 0 Å². The number of nitrogens with one attached hydrogen (secondary N) is 1. The van der Waals surface area contributed by atoms with Crippen LogP contribution in [0.2, 0.25) is 0 Å². The number of anilines is 1. The minimum absolute atomic E-state index is 0.0589. The molecule has 1 aromatic carbocycles. The molecule has 2 aromatic rings. The minimum Gasteiger partial charge on any atom is -0.490 e. The van der Waals surface area contributed by atoms with E-state index >= 15 is 0 Å². The maximum absolute atomic E-state index is 12.0. The molecule has 1 aliphatic heterocycles. The lowest BCUT2D eigenvalue weighted by atomic mass is 10.1. The molecule has 0 saturated heterocycles. The quantitative estimate of drug-likeness (QED) is 0.920. The van der Waals surface area contributed by atoms with Gasteiger partial charge in [-0.2, -0.15) is 0 Å². The molecule has 2 heterocycles. The zero-order valence-corrected chi connectivity index (χ0v) is 11.6. The van der Waals surface area contributed by atoms with Crippen LogP contribution in [0, 0.1) is 0 Å². The molecule has 108 valence electrons. The highest BCUT2D eigenvalue weighted by molar-refractivity contribution is 5.90. The van der Waals surface area contributed by atoms with Crippen LogP contribution < -0.4 is 15.7 Å². The number of aromatic nitrogens is 2. The molecule has 1 N–H and O–H groups in total. The minimum atomic E-state index is -0.441. The molecule has 3 rings (SSSR count). The second-order valence-corrected chi connectivity index (χ2v) is 5.03. The third kappa shape index (κ3) is 2.94. The number of carbonyl (C=O) groups excluding carboxylic acids is 1. The number of ether oxygens (including phenoxy) is 1. The zero-order chi connectivity index (χ0) is 14.8. The molecule has 0 spiro atoms. The summed E-state index contributed by atoms with van der Waals surface area (Å²) < 4.78 is 6.87.